The van der Waals surface area contributed by atoms with Gasteiger partial charge in [-0.25, -0.2) is 13.7 Å². The van der Waals surface area contributed by atoms with E-state index in [1.807, 2.05) is 0 Å². The van der Waals surface area contributed by atoms with Gasteiger partial charge in [-0.05, 0) is 6.42 Å². The zero-order chi connectivity index (χ0) is 20.0. The molecular weight excluding hydrogens is 388 g/mol. The van der Waals surface area contributed by atoms with E-state index in [1.165, 1.54) is 0 Å². The highest BCUT2D eigenvalue weighted by molar-refractivity contribution is 5.05. The monoisotopic (exact) mass is 395 g/mol. The molecule has 0 amide bonds. The number of hydrogen-bond donors (Lipinski definition) is 0. The van der Waals surface area contributed by atoms with Crippen LogP contribution in [0.1, 0.15) is 13.3 Å². The van der Waals surface area contributed by atoms with Gasteiger partial charge in [0.15, 0.2) is 0 Å². The Balaban J connectivity index is 6.86. The summed E-state index contributed by atoms with van der Waals surface area (Å²) in [5, 5.41) is 0. The first-order chi connectivity index (χ1) is 10.2. The molecule has 0 N–H and O–H groups in total. The molecule has 0 aliphatic rings. The fourth-order valence-electron chi connectivity index (χ4n) is 1.68. The summed E-state index contributed by atoms with van der Waals surface area (Å²) in [6.45, 7) is -1.97. The summed E-state index contributed by atoms with van der Waals surface area (Å²) in [4.78, 5) is -2.94. The number of hydrogen-bond acceptors (Lipinski definition) is 1. The lowest BCUT2D eigenvalue weighted by atomic mass is 10.0. The Labute approximate surface area is 124 Å². The van der Waals surface area contributed by atoms with Crippen LogP contribution in [-0.2, 0) is 0 Å². The van der Waals surface area contributed by atoms with Crippen LogP contribution in [0.2, 0.25) is 0 Å². The Morgan fingerprint density at radius 2 is 0.708 bits per heavy atom. The van der Waals surface area contributed by atoms with Gasteiger partial charge in [0.05, 0.1) is 0 Å². The van der Waals surface area contributed by atoms with Crippen molar-refractivity contribution in [2.75, 3.05) is 6.54 Å². The number of halogens is 14. The highest BCUT2D eigenvalue weighted by atomic mass is 19.4. The van der Waals surface area contributed by atoms with E-state index in [0.717, 1.165) is 0 Å². The highest BCUT2D eigenvalue weighted by Gasteiger charge is 2.87. The second-order valence-electron chi connectivity index (χ2n) is 4.39. The molecule has 0 aliphatic heterocycles. The summed E-state index contributed by atoms with van der Waals surface area (Å²) in [7, 11) is 0. The molecule has 0 aromatic heterocycles. The Bertz CT molecular complexity index is 359. The van der Waals surface area contributed by atoms with E-state index in [2.05, 4.69) is 0 Å². The van der Waals surface area contributed by atoms with Crippen molar-refractivity contribution in [1.82, 2.24) is 4.90 Å². The van der Waals surface area contributed by atoms with Gasteiger partial charge < -0.3 is 0 Å². The van der Waals surface area contributed by atoms with Gasteiger partial charge in [0.25, 0.3) is 0 Å². The smallest absolute Gasteiger partial charge is 0.207 e. The molecule has 0 atom stereocenters. The second-order valence-corrected chi connectivity index (χ2v) is 4.39. The maximum absolute atomic E-state index is 13.6. The summed E-state index contributed by atoms with van der Waals surface area (Å²) >= 11 is 0. The van der Waals surface area contributed by atoms with Gasteiger partial charge in [-0.3, -0.25) is 0 Å². The van der Waals surface area contributed by atoms with Gasteiger partial charge in [0.2, 0.25) is 0 Å². The third kappa shape index (κ3) is 3.35. The second kappa shape index (κ2) is 6.05. The predicted octanol–water partition coefficient (Wildman–Crippen LogP) is 5.28. The van der Waals surface area contributed by atoms with Crippen molar-refractivity contribution in [3.8, 4) is 0 Å². The molecule has 146 valence electrons. The summed E-state index contributed by atoms with van der Waals surface area (Å²) in [6.07, 6.45) is -30.7. The van der Waals surface area contributed by atoms with E-state index in [1.54, 1.807) is 0 Å². The summed E-state index contributed by atoms with van der Waals surface area (Å²) in [5.41, 5.74) is 0. The lowest BCUT2D eigenvalue weighted by Gasteiger charge is -2.47. The molecule has 0 aromatic carbocycles. The minimum absolute atomic E-state index is 0.521. The van der Waals surface area contributed by atoms with Gasteiger partial charge >= 0.3 is 36.3 Å². The molecule has 0 heterocycles. The van der Waals surface area contributed by atoms with Crippen molar-refractivity contribution in [3.63, 3.8) is 0 Å². The molecule has 0 bridgehead atoms. The van der Waals surface area contributed by atoms with Crippen molar-refractivity contribution in [2.45, 2.75) is 49.6 Å². The van der Waals surface area contributed by atoms with Crippen molar-refractivity contribution in [3.05, 3.63) is 0 Å². The molecular formula is C9H7F14N. The van der Waals surface area contributed by atoms with Crippen LogP contribution in [0.4, 0.5) is 61.5 Å². The summed E-state index contributed by atoms with van der Waals surface area (Å²) < 4.78 is 177. The molecule has 0 spiro atoms. The van der Waals surface area contributed by atoms with E-state index < -0.39 is 54.2 Å². The fourth-order valence-corrected chi connectivity index (χ4v) is 1.68. The SMILES string of the molecule is CCCN(C(F)(C(F)(F)F)C(F)(F)F)C(F)(C(F)(F)F)C(F)(F)F. The molecule has 0 fully saturated rings. The minimum atomic E-state index is -7.35. The van der Waals surface area contributed by atoms with Crippen LogP contribution in [-0.4, -0.2) is 47.7 Å². The Morgan fingerprint density at radius 3 is 0.833 bits per heavy atom. The molecule has 0 radical (unpaired) electrons. The normalized spacial score (nSPS) is 16.0. The van der Waals surface area contributed by atoms with Gasteiger partial charge in [0, 0.05) is 6.54 Å². The maximum Gasteiger partial charge on any atom is 0.446 e. The first-order valence-corrected chi connectivity index (χ1v) is 5.62. The molecule has 15 heteroatoms. The fraction of sp³-hybridized carbons (Fsp3) is 1.00. The zero-order valence-corrected chi connectivity index (χ0v) is 11.2. The van der Waals surface area contributed by atoms with Crippen LogP contribution < -0.4 is 0 Å². The van der Waals surface area contributed by atoms with E-state index in [-0.39, 0.29) is 0 Å². The Hall–Kier alpha value is -1.02. The lowest BCUT2D eigenvalue weighted by molar-refractivity contribution is -0.466. The standard InChI is InChI=1S/C9H7F14N/c1-2-3-24(4(10,6(12,13)14)7(15,16)17)5(11,8(18,19)20)9(21,22)23/h2-3H2,1H3. The number of alkyl halides is 14. The largest absolute Gasteiger partial charge is 0.446 e. The van der Waals surface area contributed by atoms with Gasteiger partial charge in [-0.15, -0.1) is 0 Å². The molecule has 0 aliphatic carbocycles. The maximum atomic E-state index is 13.6. The third-order valence-corrected chi connectivity index (χ3v) is 2.69. The average Bonchev–Trinajstić information content (AvgIpc) is 2.28. The Kier molecular flexibility index (Phi) is 5.80. The molecule has 0 saturated heterocycles. The van der Waals surface area contributed by atoms with Crippen molar-refractivity contribution < 1.29 is 61.5 Å². The average molecular weight is 395 g/mol. The first-order valence-electron chi connectivity index (χ1n) is 5.62. The van der Waals surface area contributed by atoms with E-state index in [0.29, 0.717) is 6.92 Å². The van der Waals surface area contributed by atoms with Crippen LogP contribution in [0.15, 0.2) is 0 Å². The van der Waals surface area contributed by atoms with Crippen molar-refractivity contribution in [1.29, 1.82) is 0 Å². The molecule has 0 saturated carbocycles. The summed E-state index contributed by atoms with van der Waals surface area (Å²) in [5.74, 6) is -14.5. The van der Waals surface area contributed by atoms with E-state index in [9.17, 15) is 61.5 Å². The molecule has 24 heavy (non-hydrogen) atoms. The quantitative estimate of drug-likeness (QED) is 0.463. The van der Waals surface area contributed by atoms with Crippen LogP contribution >= 0.6 is 0 Å². The highest BCUT2D eigenvalue weighted by Crippen LogP contribution is 2.57. The molecule has 0 rings (SSSR count). The van der Waals surface area contributed by atoms with Gasteiger partial charge in [0.1, 0.15) is 0 Å². The zero-order valence-electron chi connectivity index (χ0n) is 11.2. The van der Waals surface area contributed by atoms with Crippen molar-refractivity contribution >= 4 is 0 Å². The van der Waals surface area contributed by atoms with E-state index >= 15 is 0 Å². The predicted molar refractivity (Wildman–Crippen MR) is 48.9 cm³/mol. The lowest BCUT2D eigenvalue weighted by Crippen LogP contribution is -2.76. The van der Waals surface area contributed by atoms with Crippen LogP contribution in [0, 0.1) is 0 Å². The minimum Gasteiger partial charge on any atom is -0.207 e. The van der Waals surface area contributed by atoms with Crippen LogP contribution in [0.25, 0.3) is 0 Å². The van der Waals surface area contributed by atoms with Crippen LogP contribution in [0.3, 0.4) is 0 Å². The summed E-state index contributed by atoms with van der Waals surface area (Å²) in [6, 6.07) is 0. The third-order valence-electron chi connectivity index (χ3n) is 2.69. The number of nitrogens with zero attached hydrogens (tertiary/aromatic N) is 1. The van der Waals surface area contributed by atoms with E-state index in [4.69, 9.17) is 0 Å². The number of rotatable bonds is 4. The first kappa shape index (κ1) is 23.0. The van der Waals surface area contributed by atoms with Gasteiger partial charge in [-0.2, -0.15) is 52.7 Å². The Morgan fingerprint density at radius 1 is 0.500 bits per heavy atom. The van der Waals surface area contributed by atoms with Crippen molar-refractivity contribution in [2.24, 2.45) is 0 Å². The van der Waals surface area contributed by atoms with Crippen LogP contribution in [0.5, 0.6) is 0 Å². The van der Waals surface area contributed by atoms with Gasteiger partial charge in [-0.1, -0.05) is 6.92 Å². The molecule has 0 unspecified atom stereocenters. The molecule has 0 aromatic rings. The topological polar surface area (TPSA) is 3.24 Å². The molecule has 1 nitrogen and oxygen atoms in total.